The van der Waals surface area contributed by atoms with Crippen molar-refractivity contribution in [3.05, 3.63) is 16.0 Å². The molecule has 0 aromatic carbocycles. The van der Waals surface area contributed by atoms with Crippen LogP contribution in [0.25, 0.3) is 0 Å². The molecule has 3 N–H and O–H groups in total. The molecule has 0 spiro atoms. The van der Waals surface area contributed by atoms with Gasteiger partial charge in [-0.2, -0.15) is 10.3 Å². The lowest BCUT2D eigenvalue weighted by Gasteiger charge is -1.83. The monoisotopic (exact) mass is 142 g/mol. The first-order chi connectivity index (χ1) is 4.75. The van der Waals surface area contributed by atoms with Crippen LogP contribution in [0.1, 0.15) is 19.0 Å². The van der Waals surface area contributed by atoms with Crippen LogP contribution in [0.15, 0.2) is 4.79 Å². The zero-order chi connectivity index (χ0) is 7.56. The van der Waals surface area contributed by atoms with Gasteiger partial charge in [-0.25, -0.2) is 0 Å². The quantitative estimate of drug-likeness (QED) is 0.533. The van der Waals surface area contributed by atoms with E-state index in [0.717, 1.165) is 11.2 Å². The van der Waals surface area contributed by atoms with E-state index in [1.54, 1.807) is 0 Å². The molecule has 1 rings (SSSR count). The van der Waals surface area contributed by atoms with E-state index in [0.29, 0.717) is 12.1 Å². The molecule has 0 aliphatic heterocycles. The van der Waals surface area contributed by atoms with Crippen LogP contribution in [0.5, 0.6) is 0 Å². The smallest absolute Gasteiger partial charge is 0.308 e. The third-order valence-corrected chi connectivity index (χ3v) is 1.25. The predicted octanol–water partition coefficient (Wildman–Crippen LogP) is -0.762. The molecule has 1 heterocycles. The molecule has 0 saturated heterocycles. The summed E-state index contributed by atoms with van der Waals surface area (Å²) in [6, 6.07) is 0. The third-order valence-electron chi connectivity index (χ3n) is 1.25. The molecule has 0 atom stereocenters. The van der Waals surface area contributed by atoms with Crippen molar-refractivity contribution in [2.45, 2.75) is 19.8 Å². The lowest BCUT2D eigenvalue weighted by atomic mass is 10.3. The number of nitrogens with two attached hydrogens (primary N) is 1. The highest BCUT2D eigenvalue weighted by Crippen LogP contribution is 1.87. The Morgan fingerprint density at radius 2 is 2.50 bits per heavy atom. The minimum atomic E-state index is -0.234. The average Bonchev–Trinajstić information content (AvgIpc) is 2.20. The molecule has 0 amide bonds. The van der Waals surface area contributed by atoms with E-state index in [4.69, 9.17) is 5.84 Å². The van der Waals surface area contributed by atoms with Crippen LogP contribution < -0.4 is 11.4 Å². The first kappa shape index (κ1) is 6.85. The van der Waals surface area contributed by atoms with E-state index in [1.807, 2.05) is 6.92 Å². The largest absolute Gasteiger partial charge is 0.320 e. The van der Waals surface area contributed by atoms with Gasteiger partial charge in [0, 0.05) is 0 Å². The molecule has 5 heteroatoms. The highest BCUT2D eigenvalue weighted by atomic mass is 16.1. The number of nitrogens with zero attached hydrogens (tertiary/aromatic N) is 2. The minimum absolute atomic E-state index is 0.234. The van der Waals surface area contributed by atoms with Crippen LogP contribution in [0.3, 0.4) is 0 Å². The normalized spacial score (nSPS) is 10.1. The van der Waals surface area contributed by atoms with Gasteiger partial charge in [-0.3, -0.25) is 4.79 Å². The predicted molar refractivity (Wildman–Crippen MR) is 37.0 cm³/mol. The fourth-order valence-electron chi connectivity index (χ4n) is 0.746. The van der Waals surface area contributed by atoms with Gasteiger partial charge in [-0.05, 0) is 6.42 Å². The molecular weight excluding hydrogens is 132 g/mol. The molecule has 1 aromatic rings. The van der Waals surface area contributed by atoms with Crippen molar-refractivity contribution in [3.8, 4) is 0 Å². The summed E-state index contributed by atoms with van der Waals surface area (Å²) in [6.45, 7) is 1.98. The fourth-order valence-corrected chi connectivity index (χ4v) is 0.746. The number of nitrogen functional groups attached to an aromatic ring is 1. The second kappa shape index (κ2) is 2.55. The van der Waals surface area contributed by atoms with Crippen LogP contribution >= 0.6 is 0 Å². The van der Waals surface area contributed by atoms with Crippen LogP contribution in [0.2, 0.25) is 0 Å². The Labute approximate surface area is 57.8 Å². The molecule has 10 heavy (non-hydrogen) atoms. The third kappa shape index (κ3) is 1.02. The van der Waals surface area contributed by atoms with Crippen molar-refractivity contribution in [1.29, 1.82) is 0 Å². The number of hydrogen-bond donors (Lipinski definition) is 2. The number of aryl methyl sites for hydroxylation is 1. The SMILES string of the molecule is CCCc1n[nH]n(N)c1=O. The first-order valence-corrected chi connectivity index (χ1v) is 3.17. The van der Waals surface area contributed by atoms with Crippen molar-refractivity contribution in [2.75, 3.05) is 5.84 Å². The van der Waals surface area contributed by atoms with Crippen LogP contribution in [-0.2, 0) is 6.42 Å². The summed E-state index contributed by atoms with van der Waals surface area (Å²) in [4.78, 5) is 11.8. The fraction of sp³-hybridized carbons (Fsp3) is 0.600. The van der Waals surface area contributed by atoms with Crippen LogP contribution in [-0.4, -0.2) is 15.1 Å². The second-order valence-electron chi connectivity index (χ2n) is 2.08. The van der Waals surface area contributed by atoms with Crippen molar-refractivity contribution in [3.63, 3.8) is 0 Å². The molecule has 0 radical (unpaired) electrons. The zero-order valence-electron chi connectivity index (χ0n) is 5.79. The molecule has 0 aliphatic rings. The highest BCUT2D eigenvalue weighted by Gasteiger charge is 2.02. The van der Waals surface area contributed by atoms with Gasteiger partial charge in [-0.15, -0.1) is 4.79 Å². The van der Waals surface area contributed by atoms with E-state index in [1.165, 1.54) is 0 Å². The molecule has 56 valence electrons. The molecule has 5 nitrogen and oxygen atoms in total. The standard InChI is InChI=1S/C5H10N4O/c1-2-3-4-5(10)9(6)8-7-4/h8H,2-3,6H2,1H3. The van der Waals surface area contributed by atoms with Gasteiger partial charge in [0.25, 0.3) is 0 Å². The van der Waals surface area contributed by atoms with Crippen molar-refractivity contribution < 1.29 is 0 Å². The average molecular weight is 142 g/mol. The number of rotatable bonds is 2. The molecule has 0 saturated carbocycles. The Morgan fingerprint density at radius 3 is 2.90 bits per heavy atom. The van der Waals surface area contributed by atoms with Gasteiger partial charge in [0.05, 0.1) is 0 Å². The molecule has 1 aromatic heterocycles. The van der Waals surface area contributed by atoms with Gasteiger partial charge >= 0.3 is 5.56 Å². The summed E-state index contributed by atoms with van der Waals surface area (Å²) in [5.74, 6) is 5.16. The maximum atomic E-state index is 10.9. The number of nitrogens with one attached hydrogen (secondary N) is 1. The summed E-state index contributed by atoms with van der Waals surface area (Å²) >= 11 is 0. The van der Waals surface area contributed by atoms with E-state index in [2.05, 4.69) is 10.3 Å². The van der Waals surface area contributed by atoms with E-state index in [-0.39, 0.29) is 5.56 Å². The highest BCUT2D eigenvalue weighted by molar-refractivity contribution is 4.92. The van der Waals surface area contributed by atoms with Crippen molar-refractivity contribution in [2.24, 2.45) is 0 Å². The maximum absolute atomic E-state index is 10.9. The van der Waals surface area contributed by atoms with Gasteiger partial charge in [0.2, 0.25) is 0 Å². The Morgan fingerprint density at radius 1 is 1.80 bits per heavy atom. The topological polar surface area (TPSA) is 76.7 Å². The molecule has 0 unspecified atom stereocenters. The van der Waals surface area contributed by atoms with Gasteiger partial charge in [-0.1, -0.05) is 13.3 Å². The van der Waals surface area contributed by atoms with Gasteiger partial charge in [0.15, 0.2) is 0 Å². The van der Waals surface area contributed by atoms with Gasteiger partial charge < -0.3 is 5.84 Å². The van der Waals surface area contributed by atoms with Gasteiger partial charge in [0.1, 0.15) is 5.69 Å². The van der Waals surface area contributed by atoms with Crippen molar-refractivity contribution in [1.82, 2.24) is 15.1 Å². The molecular formula is C5H10N4O. The molecule has 0 bridgehead atoms. The van der Waals surface area contributed by atoms with E-state index < -0.39 is 0 Å². The Hall–Kier alpha value is -1.26. The first-order valence-electron chi connectivity index (χ1n) is 3.17. The Balaban J connectivity index is 2.95. The number of aromatic amines is 1. The number of hydrogen-bond acceptors (Lipinski definition) is 3. The minimum Gasteiger partial charge on any atom is -0.320 e. The lowest BCUT2D eigenvalue weighted by Crippen LogP contribution is -2.25. The van der Waals surface area contributed by atoms with Crippen molar-refractivity contribution >= 4 is 0 Å². The summed E-state index contributed by atoms with van der Waals surface area (Å²) in [5, 5.41) is 6.06. The summed E-state index contributed by atoms with van der Waals surface area (Å²) in [5.41, 5.74) is 0.270. The Bertz CT molecular complexity index is 261. The molecule has 0 fully saturated rings. The lowest BCUT2D eigenvalue weighted by molar-refractivity contribution is 0.745. The summed E-state index contributed by atoms with van der Waals surface area (Å²) < 4.78 is 0. The Kier molecular flexibility index (Phi) is 1.75. The maximum Gasteiger partial charge on any atom is 0.308 e. The molecule has 0 aliphatic carbocycles. The second-order valence-corrected chi connectivity index (χ2v) is 2.08. The van der Waals surface area contributed by atoms with Crippen LogP contribution in [0.4, 0.5) is 0 Å². The summed E-state index contributed by atoms with van der Waals surface area (Å²) in [6.07, 6.45) is 1.58. The van der Waals surface area contributed by atoms with Crippen LogP contribution in [0, 0.1) is 0 Å². The van der Waals surface area contributed by atoms with E-state index >= 15 is 0 Å². The number of H-pyrrole nitrogens is 1. The zero-order valence-corrected chi connectivity index (χ0v) is 5.79. The summed E-state index contributed by atoms with van der Waals surface area (Å²) in [7, 11) is 0. The number of aromatic nitrogens is 3. The van der Waals surface area contributed by atoms with E-state index in [9.17, 15) is 4.79 Å².